The monoisotopic (exact) mass is 273 g/mol. The number of hydrogen-bond acceptors (Lipinski definition) is 4. The van der Waals surface area contributed by atoms with E-state index in [-0.39, 0.29) is 4.08 Å². The minimum atomic E-state index is -3.28. The summed E-state index contributed by atoms with van der Waals surface area (Å²) in [4.78, 5) is 0.447. The molecule has 0 saturated carbocycles. The van der Waals surface area contributed by atoms with Crippen LogP contribution in [0, 0.1) is 0 Å². The Kier molecular flexibility index (Phi) is 2.51. The number of hydrogen-bond donors (Lipinski definition) is 1. The molecule has 2 aliphatic heterocycles. The van der Waals surface area contributed by atoms with Gasteiger partial charge in [0.2, 0.25) is 10.0 Å². The van der Waals surface area contributed by atoms with E-state index in [4.69, 9.17) is 0 Å². The molecule has 0 unspecified atom stereocenters. The number of nitrogens with one attached hydrogen (secondary N) is 1. The van der Waals surface area contributed by atoms with Crippen LogP contribution in [0.3, 0.4) is 0 Å². The van der Waals surface area contributed by atoms with Gasteiger partial charge in [-0.3, -0.25) is 0 Å². The molecule has 1 saturated heterocycles. The van der Waals surface area contributed by atoms with E-state index in [1.165, 1.54) is 0 Å². The summed E-state index contributed by atoms with van der Waals surface area (Å²) in [6.45, 7) is 0.502. The van der Waals surface area contributed by atoms with E-state index in [2.05, 4.69) is 4.72 Å². The fraction of sp³-hybridized carbons (Fsp3) is 0.400. The number of sulfonamides is 1. The van der Waals surface area contributed by atoms with Gasteiger partial charge in [-0.05, 0) is 11.6 Å². The molecule has 0 aliphatic carbocycles. The highest BCUT2D eigenvalue weighted by Crippen LogP contribution is 2.54. The molecular weight excluding hydrogens is 262 g/mol. The van der Waals surface area contributed by atoms with Crippen molar-refractivity contribution in [3.8, 4) is 0 Å². The summed E-state index contributed by atoms with van der Waals surface area (Å²) in [6, 6.07) is 7.33. The predicted molar refractivity (Wildman–Crippen MR) is 68.2 cm³/mol. The molecule has 2 aliphatic rings. The normalized spacial score (nSPS) is 25.5. The maximum atomic E-state index is 11.9. The second-order valence-electron chi connectivity index (χ2n) is 3.77. The lowest BCUT2D eigenvalue weighted by atomic mass is 10.1. The molecule has 86 valence electrons. The van der Waals surface area contributed by atoms with Crippen molar-refractivity contribution in [1.82, 2.24) is 4.72 Å². The van der Waals surface area contributed by atoms with Crippen molar-refractivity contribution in [3.05, 3.63) is 29.8 Å². The highest BCUT2D eigenvalue weighted by Gasteiger charge is 2.45. The van der Waals surface area contributed by atoms with Crippen molar-refractivity contribution >= 4 is 33.5 Å². The van der Waals surface area contributed by atoms with Gasteiger partial charge < -0.3 is 0 Å². The van der Waals surface area contributed by atoms with Crippen molar-refractivity contribution in [2.45, 2.75) is 8.97 Å². The molecule has 0 amide bonds. The molecule has 1 spiro atoms. The highest BCUT2D eigenvalue weighted by molar-refractivity contribution is 8.20. The first-order valence-corrected chi connectivity index (χ1v) is 8.47. The minimum absolute atomic E-state index is 0.0953. The van der Waals surface area contributed by atoms with Gasteiger partial charge in [0.05, 0.1) is 4.90 Å². The second-order valence-corrected chi connectivity index (χ2v) is 8.55. The average Bonchev–Trinajstić information content (AvgIpc) is 2.75. The van der Waals surface area contributed by atoms with Gasteiger partial charge in [0.15, 0.2) is 0 Å². The molecule has 3 nitrogen and oxygen atoms in total. The Hall–Kier alpha value is -0.170. The first-order chi connectivity index (χ1) is 7.64. The molecule has 0 aromatic heterocycles. The van der Waals surface area contributed by atoms with Crippen LogP contribution in [0.1, 0.15) is 5.56 Å². The molecule has 1 N–H and O–H groups in total. The summed E-state index contributed by atoms with van der Waals surface area (Å²) in [7, 11) is -3.28. The number of benzene rings is 1. The molecule has 6 heteroatoms. The van der Waals surface area contributed by atoms with Gasteiger partial charge in [-0.15, -0.1) is 23.5 Å². The average molecular weight is 273 g/mol. The van der Waals surface area contributed by atoms with Gasteiger partial charge in [0.1, 0.15) is 4.08 Å². The molecule has 1 fully saturated rings. The molecule has 0 radical (unpaired) electrons. The van der Waals surface area contributed by atoms with Crippen molar-refractivity contribution in [2.75, 3.05) is 18.1 Å². The van der Waals surface area contributed by atoms with Crippen LogP contribution in [-0.2, 0) is 14.1 Å². The third-order valence-corrected chi connectivity index (χ3v) is 7.74. The van der Waals surface area contributed by atoms with Crippen LogP contribution in [0.5, 0.6) is 0 Å². The van der Waals surface area contributed by atoms with Crippen LogP contribution < -0.4 is 4.72 Å². The lowest BCUT2D eigenvalue weighted by Crippen LogP contribution is -2.41. The zero-order chi connectivity index (χ0) is 11.2. The first kappa shape index (κ1) is 11.0. The van der Waals surface area contributed by atoms with Crippen LogP contribution in [-0.4, -0.2) is 26.5 Å². The van der Waals surface area contributed by atoms with E-state index in [1.54, 1.807) is 12.1 Å². The van der Waals surface area contributed by atoms with Gasteiger partial charge in [0, 0.05) is 18.1 Å². The molecular formula is C10H11NO2S3. The Balaban J connectivity index is 2.23. The third kappa shape index (κ3) is 1.51. The molecule has 1 aromatic carbocycles. The van der Waals surface area contributed by atoms with Crippen LogP contribution in [0.4, 0.5) is 0 Å². The molecule has 16 heavy (non-hydrogen) atoms. The predicted octanol–water partition coefficient (Wildman–Crippen LogP) is 1.61. The van der Waals surface area contributed by atoms with Crippen LogP contribution in [0.2, 0.25) is 0 Å². The maximum Gasteiger partial charge on any atom is 0.241 e. The fourth-order valence-electron chi connectivity index (χ4n) is 2.09. The zero-order valence-electron chi connectivity index (χ0n) is 8.47. The summed E-state index contributed by atoms with van der Waals surface area (Å²) in [6.07, 6.45) is 0. The van der Waals surface area contributed by atoms with Gasteiger partial charge in [-0.1, -0.05) is 18.2 Å². The van der Waals surface area contributed by atoms with Crippen molar-refractivity contribution in [2.24, 2.45) is 0 Å². The Morgan fingerprint density at radius 3 is 2.62 bits per heavy atom. The summed E-state index contributed by atoms with van der Waals surface area (Å²) in [5, 5.41) is 0. The molecule has 2 heterocycles. The van der Waals surface area contributed by atoms with E-state index in [1.807, 2.05) is 35.7 Å². The summed E-state index contributed by atoms with van der Waals surface area (Å²) < 4.78 is 26.3. The van der Waals surface area contributed by atoms with Gasteiger partial charge >= 0.3 is 0 Å². The minimum Gasteiger partial charge on any atom is -0.209 e. The van der Waals surface area contributed by atoms with Crippen LogP contribution in [0.15, 0.2) is 29.2 Å². The highest BCUT2D eigenvalue weighted by atomic mass is 32.2. The largest absolute Gasteiger partial charge is 0.241 e. The quantitative estimate of drug-likeness (QED) is 0.780. The molecule has 0 bridgehead atoms. The van der Waals surface area contributed by atoms with Gasteiger partial charge in [-0.25, -0.2) is 13.1 Å². The lowest BCUT2D eigenvalue weighted by molar-refractivity contribution is 0.568. The lowest BCUT2D eigenvalue weighted by Gasteiger charge is -2.33. The van der Waals surface area contributed by atoms with Crippen LogP contribution in [0.25, 0.3) is 0 Å². The maximum absolute atomic E-state index is 11.9. The Bertz CT molecular complexity index is 521. The Labute approximate surface area is 103 Å². The summed E-state index contributed by atoms with van der Waals surface area (Å²) in [5.41, 5.74) is 0.959. The Morgan fingerprint density at radius 1 is 1.19 bits per heavy atom. The second kappa shape index (κ2) is 3.66. The number of rotatable bonds is 0. The molecule has 3 rings (SSSR count). The van der Waals surface area contributed by atoms with Gasteiger partial charge in [-0.2, -0.15) is 0 Å². The van der Waals surface area contributed by atoms with E-state index in [0.29, 0.717) is 11.4 Å². The topological polar surface area (TPSA) is 46.2 Å². The number of thioether (sulfide) groups is 2. The van der Waals surface area contributed by atoms with Crippen molar-refractivity contribution in [3.63, 3.8) is 0 Å². The first-order valence-electron chi connectivity index (χ1n) is 5.01. The van der Waals surface area contributed by atoms with E-state index >= 15 is 0 Å². The van der Waals surface area contributed by atoms with Crippen molar-refractivity contribution < 1.29 is 8.42 Å². The molecule has 0 atom stereocenters. The standard InChI is InChI=1S/C10H11NO2S3/c12-16(13)9-4-2-1-3-8(9)10(7-11-16)14-5-6-15-10/h1-4,11H,5-7H2. The van der Waals surface area contributed by atoms with Crippen LogP contribution >= 0.6 is 23.5 Å². The third-order valence-electron chi connectivity index (χ3n) is 2.84. The zero-order valence-corrected chi connectivity index (χ0v) is 10.9. The van der Waals surface area contributed by atoms with E-state index in [0.717, 1.165) is 17.1 Å². The number of fused-ring (bicyclic) bond motifs is 2. The summed E-state index contributed by atoms with van der Waals surface area (Å²) >= 11 is 3.69. The fourth-order valence-corrected chi connectivity index (χ4v) is 6.93. The van der Waals surface area contributed by atoms with Gasteiger partial charge in [0.25, 0.3) is 0 Å². The Morgan fingerprint density at radius 2 is 1.88 bits per heavy atom. The molecule has 1 aromatic rings. The van der Waals surface area contributed by atoms with Crippen molar-refractivity contribution in [1.29, 1.82) is 0 Å². The van der Waals surface area contributed by atoms with E-state index < -0.39 is 10.0 Å². The smallest absolute Gasteiger partial charge is 0.209 e. The summed E-state index contributed by atoms with van der Waals surface area (Å²) in [5.74, 6) is 2.17. The van der Waals surface area contributed by atoms with E-state index in [9.17, 15) is 8.42 Å². The SMILES string of the molecule is O=S1(=O)NCC2(SCCS2)c2ccccc21.